The first-order valence-electron chi connectivity index (χ1n) is 4.49. The van der Waals surface area contributed by atoms with Crippen molar-refractivity contribution in [1.29, 1.82) is 0 Å². The zero-order valence-electron chi connectivity index (χ0n) is 8.35. The SMILES string of the molecule is CC(C)(CCN)c1cnc(Cl)cc1Cl. The van der Waals surface area contributed by atoms with E-state index in [-0.39, 0.29) is 5.41 Å². The fraction of sp³-hybridized carbons (Fsp3) is 0.500. The molecule has 1 rings (SSSR count). The van der Waals surface area contributed by atoms with Crippen LogP contribution in [0.3, 0.4) is 0 Å². The van der Waals surface area contributed by atoms with E-state index in [1.807, 2.05) is 0 Å². The van der Waals surface area contributed by atoms with E-state index in [1.165, 1.54) is 0 Å². The lowest BCUT2D eigenvalue weighted by atomic mass is 9.82. The van der Waals surface area contributed by atoms with Crippen molar-refractivity contribution >= 4 is 23.2 Å². The summed E-state index contributed by atoms with van der Waals surface area (Å²) in [5.74, 6) is 0. The highest BCUT2D eigenvalue weighted by Crippen LogP contribution is 2.32. The topological polar surface area (TPSA) is 38.9 Å². The van der Waals surface area contributed by atoms with Gasteiger partial charge in [0.2, 0.25) is 0 Å². The highest BCUT2D eigenvalue weighted by atomic mass is 35.5. The molecule has 2 nitrogen and oxygen atoms in total. The molecular weight excluding hydrogens is 219 g/mol. The molecule has 1 heterocycles. The molecule has 0 atom stereocenters. The largest absolute Gasteiger partial charge is 0.330 e. The minimum absolute atomic E-state index is 0.0522. The Labute approximate surface area is 94.4 Å². The zero-order chi connectivity index (χ0) is 10.8. The van der Waals surface area contributed by atoms with Gasteiger partial charge in [-0.05, 0) is 30.0 Å². The highest BCUT2D eigenvalue weighted by Gasteiger charge is 2.22. The first kappa shape index (κ1) is 11.8. The van der Waals surface area contributed by atoms with Crippen LogP contribution >= 0.6 is 23.2 Å². The van der Waals surface area contributed by atoms with Gasteiger partial charge in [0.05, 0.1) is 0 Å². The van der Waals surface area contributed by atoms with Crippen LogP contribution in [-0.2, 0) is 5.41 Å². The predicted molar refractivity (Wildman–Crippen MR) is 61.0 cm³/mol. The summed E-state index contributed by atoms with van der Waals surface area (Å²) in [6, 6.07) is 1.66. The van der Waals surface area contributed by atoms with Crippen molar-refractivity contribution in [2.45, 2.75) is 25.7 Å². The van der Waals surface area contributed by atoms with E-state index in [1.54, 1.807) is 12.3 Å². The molecule has 0 radical (unpaired) electrons. The lowest BCUT2D eigenvalue weighted by Crippen LogP contribution is -2.22. The second-order valence-corrected chi connectivity index (χ2v) is 4.70. The fourth-order valence-electron chi connectivity index (χ4n) is 1.40. The molecule has 0 aromatic carbocycles. The van der Waals surface area contributed by atoms with Gasteiger partial charge < -0.3 is 5.73 Å². The maximum absolute atomic E-state index is 6.08. The monoisotopic (exact) mass is 232 g/mol. The summed E-state index contributed by atoms with van der Waals surface area (Å²) >= 11 is 11.8. The molecule has 0 aliphatic heterocycles. The van der Waals surface area contributed by atoms with E-state index in [0.717, 1.165) is 12.0 Å². The highest BCUT2D eigenvalue weighted by molar-refractivity contribution is 6.34. The van der Waals surface area contributed by atoms with E-state index in [0.29, 0.717) is 16.7 Å². The number of nitrogens with zero attached hydrogens (tertiary/aromatic N) is 1. The number of aromatic nitrogens is 1. The number of hydrogen-bond donors (Lipinski definition) is 1. The summed E-state index contributed by atoms with van der Waals surface area (Å²) in [5, 5.41) is 1.07. The third kappa shape index (κ3) is 2.59. The molecule has 0 saturated carbocycles. The number of halogens is 2. The molecule has 0 aliphatic carbocycles. The van der Waals surface area contributed by atoms with Crippen molar-refractivity contribution in [1.82, 2.24) is 4.98 Å². The Morgan fingerprint density at radius 3 is 2.57 bits per heavy atom. The standard InChI is InChI=1S/C10H14Cl2N2/c1-10(2,3-4-13)7-6-14-9(12)5-8(7)11/h5-6H,3-4,13H2,1-2H3. The molecule has 0 aliphatic rings. The summed E-state index contributed by atoms with van der Waals surface area (Å²) < 4.78 is 0. The Balaban J connectivity index is 3.06. The lowest BCUT2D eigenvalue weighted by molar-refractivity contribution is 0.486. The molecule has 14 heavy (non-hydrogen) atoms. The molecule has 0 bridgehead atoms. The Hall–Kier alpha value is -0.310. The van der Waals surface area contributed by atoms with E-state index < -0.39 is 0 Å². The molecule has 0 unspecified atom stereocenters. The molecule has 1 aromatic heterocycles. The van der Waals surface area contributed by atoms with Crippen molar-refractivity contribution in [3.8, 4) is 0 Å². The van der Waals surface area contributed by atoms with Crippen LogP contribution in [-0.4, -0.2) is 11.5 Å². The van der Waals surface area contributed by atoms with Crippen LogP contribution in [0.15, 0.2) is 12.3 Å². The minimum Gasteiger partial charge on any atom is -0.330 e. The van der Waals surface area contributed by atoms with E-state index in [9.17, 15) is 0 Å². The number of hydrogen-bond acceptors (Lipinski definition) is 2. The van der Waals surface area contributed by atoms with Crippen molar-refractivity contribution in [2.75, 3.05) is 6.54 Å². The maximum Gasteiger partial charge on any atom is 0.130 e. The molecule has 1 aromatic rings. The van der Waals surface area contributed by atoms with Gasteiger partial charge >= 0.3 is 0 Å². The quantitative estimate of drug-likeness (QED) is 0.815. The third-order valence-electron chi connectivity index (χ3n) is 2.32. The van der Waals surface area contributed by atoms with Gasteiger partial charge in [-0.2, -0.15) is 0 Å². The normalized spacial score (nSPS) is 11.8. The van der Waals surface area contributed by atoms with E-state index in [4.69, 9.17) is 28.9 Å². The average molecular weight is 233 g/mol. The maximum atomic E-state index is 6.08. The third-order valence-corrected chi connectivity index (χ3v) is 2.84. The summed E-state index contributed by atoms with van der Waals surface area (Å²) in [6.07, 6.45) is 2.59. The Morgan fingerprint density at radius 2 is 2.07 bits per heavy atom. The Morgan fingerprint density at radius 1 is 1.43 bits per heavy atom. The molecule has 0 amide bonds. The van der Waals surface area contributed by atoms with Crippen molar-refractivity contribution in [3.05, 3.63) is 28.0 Å². The predicted octanol–water partition coefficient (Wildman–Crippen LogP) is 3.01. The second kappa shape index (κ2) is 4.47. The minimum atomic E-state index is -0.0522. The van der Waals surface area contributed by atoms with Crippen LogP contribution in [0, 0.1) is 0 Å². The van der Waals surface area contributed by atoms with Gasteiger partial charge in [-0.25, -0.2) is 4.98 Å². The van der Waals surface area contributed by atoms with E-state index >= 15 is 0 Å². The first-order valence-corrected chi connectivity index (χ1v) is 5.24. The summed E-state index contributed by atoms with van der Waals surface area (Å²) in [6.45, 7) is 4.82. The Kier molecular flexibility index (Phi) is 3.76. The number of nitrogens with two attached hydrogens (primary N) is 1. The van der Waals surface area contributed by atoms with Gasteiger partial charge in [0.1, 0.15) is 5.15 Å². The summed E-state index contributed by atoms with van der Waals surface area (Å²) in [4.78, 5) is 4.03. The molecule has 0 spiro atoms. The van der Waals surface area contributed by atoms with Crippen LogP contribution in [0.2, 0.25) is 10.2 Å². The fourth-order valence-corrected chi connectivity index (χ4v) is 2.02. The van der Waals surface area contributed by atoms with Crippen molar-refractivity contribution in [3.63, 3.8) is 0 Å². The molecule has 0 fully saturated rings. The first-order chi connectivity index (χ1) is 6.47. The second-order valence-electron chi connectivity index (χ2n) is 3.91. The van der Waals surface area contributed by atoms with Crippen molar-refractivity contribution < 1.29 is 0 Å². The Bertz CT molecular complexity index is 324. The molecule has 2 N–H and O–H groups in total. The van der Waals surface area contributed by atoms with Gasteiger partial charge in [-0.3, -0.25) is 0 Å². The molecular formula is C10H14Cl2N2. The van der Waals surface area contributed by atoms with Crippen molar-refractivity contribution in [2.24, 2.45) is 5.73 Å². The molecule has 78 valence electrons. The van der Waals surface area contributed by atoms with Crippen LogP contribution in [0.4, 0.5) is 0 Å². The van der Waals surface area contributed by atoms with Crippen LogP contribution in [0.1, 0.15) is 25.8 Å². The van der Waals surface area contributed by atoms with Gasteiger partial charge in [0, 0.05) is 11.2 Å². The lowest BCUT2D eigenvalue weighted by Gasteiger charge is -2.25. The van der Waals surface area contributed by atoms with E-state index in [2.05, 4.69) is 18.8 Å². The van der Waals surface area contributed by atoms with Gasteiger partial charge in [0.15, 0.2) is 0 Å². The zero-order valence-corrected chi connectivity index (χ0v) is 9.86. The van der Waals surface area contributed by atoms with Crippen LogP contribution in [0.25, 0.3) is 0 Å². The molecule has 0 saturated heterocycles. The summed E-state index contributed by atoms with van der Waals surface area (Å²) in [5.41, 5.74) is 6.48. The van der Waals surface area contributed by atoms with Gasteiger partial charge in [-0.15, -0.1) is 0 Å². The smallest absolute Gasteiger partial charge is 0.130 e. The van der Waals surface area contributed by atoms with Gasteiger partial charge in [0.25, 0.3) is 0 Å². The number of pyridine rings is 1. The number of rotatable bonds is 3. The van der Waals surface area contributed by atoms with Crippen LogP contribution < -0.4 is 5.73 Å². The van der Waals surface area contributed by atoms with Crippen LogP contribution in [0.5, 0.6) is 0 Å². The molecule has 4 heteroatoms. The van der Waals surface area contributed by atoms with Gasteiger partial charge in [-0.1, -0.05) is 37.0 Å². The average Bonchev–Trinajstić information content (AvgIpc) is 2.02. The summed E-state index contributed by atoms with van der Waals surface area (Å²) in [7, 11) is 0.